The molecular formula is C22H22FN5O6S. The molecule has 0 aliphatic carbocycles. The third kappa shape index (κ3) is 4.80. The Balaban J connectivity index is 1.98. The quantitative estimate of drug-likeness (QED) is 0.384. The van der Waals surface area contributed by atoms with Crippen LogP contribution >= 0.6 is 0 Å². The van der Waals surface area contributed by atoms with Crippen molar-refractivity contribution >= 4 is 32.6 Å². The van der Waals surface area contributed by atoms with Gasteiger partial charge in [-0.05, 0) is 54.6 Å². The van der Waals surface area contributed by atoms with E-state index in [1.165, 1.54) is 41.1 Å². The first kappa shape index (κ1) is 24.1. The van der Waals surface area contributed by atoms with Gasteiger partial charge in [-0.1, -0.05) is 0 Å². The molecule has 4 aromatic rings. The number of hydrogen-bond acceptors (Lipinski definition) is 8. The Morgan fingerprint density at radius 3 is 2.49 bits per heavy atom. The maximum Gasteiger partial charge on any atom is 0.340 e. The standard InChI is InChI=1S/C22H22FN5O6S/c1-12(2)33-18-9-15-17(34-21(20(15)22(29)30)13-5-7-14(23)8-6-13)10-16(18)28(35(4,31)32)11-19-24-25-26-27(19)3/h5-10,12H,11H2,1-4H3,(H,29,30). The Labute approximate surface area is 199 Å². The van der Waals surface area contributed by atoms with Crippen LogP contribution in [-0.4, -0.2) is 52.1 Å². The molecule has 13 heteroatoms. The summed E-state index contributed by atoms with van der Waals surface area (Å²) in [5.41, 5.74) is 0.416. The van der Waals surface area contributed by atoms with Gasteiger partial charge < -0.3 is 14.3 Å². The van der Waals surface area contributed by atoms with Gasteiger partial charge >= 0.3 is 5.97 Å². The van der Waals surface area contributed by atoms with Crippen molar-refractivity contribution in [3.63, 3.8) is 0 Å². The second kappa shape index (κ2) is 8.98. The van der Waals surface area contributed by atoms with E-state index in [0.717, 1.165) is 10.6 Å². The predicted octanol–water partition coefficient (Wildman–Crippen LogP) is 3.21. The molecule has 0 spiro atoms. The number of nitrogens with zero attached hydrogens (tertiary/aromatic N) is 5. The molecule has 0 saturated heterocycles. The van der Waals surface area contributed by atoms with Gasteiger partial charge in [-0.3, -0.25) is 4.31 Å². The highest BCUT2D eigenvalue weighted by molar-refractivity contribution is 7.92. The molecule has 0 saturated carbocycles. The second-order valence-corrected chi connectivity index (χ2v) is 10.00. The monoisotopic (exact) mass is 503 g/mol. The lowest BCUT2D eigenvalue weighted by atomic mass is 10.0. The van der Waals surface area contributed by atoms with Crippen LogP contribution in [0.5, 0.6) is 5.75 Å². The minimum atomic E-state index is -3.87. The minimum absolute atomic E-state index is 0.00329. The molecule has 4 rings (SSSR count). The minimum Gasteiger partial charge on any atom is -0.489 e. The topological polar surface area (TPSA) is 141 Å². The largest absolute Gasteiger partial charge is 0.489 e. The van der Waals surface area contributed by atoms with Crippen LogP contribution in [0.2, 0.25) is 0 Å². The van der Waals surface area contributed by atoms with Crippen molar-refractivity contribution in [2.45, 2.75) is 26.5 Å². The summed E-state index contributed by atoms with van der Waals surface area (Å²) < 4.78 is 53.2. The number of halogens is 1. The number of aromatic carboxylic acids is 1. The zero-order chi connectivity index (χ0) is 25.5. The van der Waals surface area contributed by atoms with Crippen molar-refractivity contribution in [1.29, 1.82) is 0 Å². The number of tetrazole rings is 1. The van der Waals surface area contributed by atoms with E-state index in [1.807, 2.05) is 0 Å². The fourth-order valence-corrected chi connectivity index (χ4v) is 4.41. The smallest absolute Gasteiger partial charge is 0.340 e. The van der Waals surface area contributed by atoms with E-state index in [4.69, 9.17) is 9.15 Å². The summed E-state index contributed by atoms with van der Waals surface area (Å²) in [5, 5.41) is 21.3. The number of rotatable bonds is 8. The normalized spacial score (nSPS) is 11.8. The van der Waals surface area contributed by atoms with Crippen molar-refractivity contribution in [3.05, 3.63) is 53.6 Å². The molecule has 2 heterocycles. The van der Waals surface area contributed by atoms with Gasteiger partial charge in [0.05, 0.1) is 24.6 Å². The fraction of sp³-hybridized carbons (Fsp3) is 0.273. The molecule has 0 atom stereocenters. The van der Waals surface area contributed by atoms with Gasteiger partial charge in [-0.2, -0.15) is 0 Å². The van der Waals surface area contributed by atoms with Crippen LogP contribution in [-0.2, 0) is 23.6 Å². The molecule has 0 radical (unpaired) electrons. The molecule has 0 bridgehead atoms. The Kier molecular flexibility index (Phi) is 6.19. The van der Waals surface area contributed by atoms with Crippen molar-refractivity contribution in [2.75, 3.05) is 10.6 Å². The molecule has 0 unspecified atom stereocenters. The number of sulfonamides is 1. The molecule has 0 aliphatic heterocycles. The second-order valence-electron chi connectivity index (χ2n) is 8.09. The number of anilines is 1. The summed E-state index contributed by atoms with van der Waals surface area (Å²) in [6, 6.07) is 8.00. The third-order valence-corrected chi connectivity index (χ3v) is 6.24. The summed E-state index contributed by atoms with van der Waals surface area (Å²) >= 11 is 0. The highest BCUT2D eigenvalue weighted by atomic mass is 32.2. The average Bonchev–Trinajstić information content (AvgIpc) is 3.33. The SMILES string of the molecule is CC(C)Oc1cc2c(C(=O)O)c(-c3ccc(F)cc3)oc2cc1N(Cc1nnnn1C)S(C)(=O)=O. The number of aryl methyl sites for hydroxylation is 1. The zero-order valence-corrected chi connectivity index (χ0v) is 20.1. The van der Waals surface area contributed by atoms with Gasteiger partial charge in [0, 0.05) is 24.1 Å². The Morgan fingerprint density at radius 2 is 1.94 bits per heavy atom. The van der Waals surface area contributed by atoms with E-state index in [2.05, 4.69) is 15.5 Å². The van der Waals surface area contributed by atoms with Gasteiger partial charge in [0.25, 0.3) is 0 Å². The number of fused-ring (bicyclic) bond motifs is 1. The van der Waals surface area contributed by atoms with Gasteiger partial charge in [0.1, 0.15) is 28.5 Å². The van der Waals surface area contributed by atoms with Crippen LogP contribution in [0.1, 0.15) is 30.0 Å². The van der Waals surface area contributed by atoms with Crippen molar-refractivity contribution in [3.8, 4) is 17.1 Å². The summed E-state index contributed by atoms with van der Waals surface area (Å²) in [4.78, 5) is 12.2. The van der Waals surface area contributed by atoms with E-state index in [-0.39, 0.29) is 52.2 Å². The number of furan rings is 1. The Hall–Kier alpha value is -4.00. The fourth-order valence-electron chi connectivity index (χ4n) is 3.56. The van der Waals surface area contributed by atoms with E-state index in [0.29, 0.717) is 5.56 Å². The number of ether oxygens (including phenoxy) is 1. The van der Waals surface area contributed by atoms with Crippen LogP contribution in [0.3, 0.4) is 0 Å². The van der Waals surface area contributed by atoms with Crippen LogP contribution < -0.4 is 9.04 Å². The van der Waals surface area contributed by atoms with Crippen molar-refractivity contribution < 1.29 is 31.9 Å². The number of hydrogen-bond donors (Lipinski definition) is 1. The van der Waals surface area contributed by atoms with E-state index in [1.54, 1.807) is 20.9 Å². The molecule has 0 fully saturated rings. The molecule has 11 nitrogen and oxygen atoms in total. The molecule has 0 amide bonds. The van der Waals surface area contributed by atoms with Crippen molar-refractivity contribution in [2.24, 2.45) is 7.05 Å². The molecule has 1 N–H and O–H groups in total. The third-order valence-electron chi connectivity index (χ3n) is 5.11. The number of carboxylic acids is 1. The molecule has 2 aromatic heterocycles. The zero-order valence-electron chi connectivity index (χ0n) is 19.3. The van der Waals surface area contributed by atoms with E-state index < -0.39 is 21.8 Å². The highest BCUT2D eigenvalue weighted by Gasteiger charge is 2.29. The molecule has 2 aromatic carbocycles. The lowest BCUT2D eigenvalue weighted by Gasteiger charge is -2.25. The van der Waals surface area contributed by atoms with Crippen LogP contribution in [0.4, 0.5) is 10.1 Å². The molecule has 184 valence electrons. The number of benzene rings is 2. The van der Waals surface area contributed by atoms with Crippen LogP contribution in [0.15, 0.2) is 40.8 Å². The summed E-state index contributed by atoms with van der Waals surface area (Å²) in [5.74, 6) is -1.36. The first-order valence-corrected chi connectivity index (χ1v) is 12.3. The lowest BCUT2D eigenvalue weighted by Crippen LogP contribution is -2.31. The summed E-state index contributed by atoms with van der Waals surface area (Å²) in [6.07, 6.45) is 0.662. The van der Waals surface area contributed by atoms with Gasteiger partial charge in [0.15, 0.2) is 5.82 Å². The van der Waals surface area contributed by atoms with E-state index >= 15 is 0 Å². The highest BCUT2D eigenvalue weighted by Crippen LogP contribution is 2.41. The molecule has 35 heavy (non-hydrogen) atoms. The number of carboxylic acid groups (broad SMARTS) is 1. The van der Waals surface area contributed by atoms with Crippen LogP contribution in [0.25, 0.3) is 22.3 Å². The van der Waals surface area contributed by atoms with Gasteiger partial charge in [0.2, 0.25) is 10.0 Å². The first-order valence-electron chi connectivity index (χ1n) is 10.4. The van der Waals surface area contributed by atoms with E-state index in [9.17, 15) is 22.7 Å². The number of carbonyl (C=O) groups is 1. The summed E-state index contributed by atoms with van der Waals surface area (Å²) in [6.45, 7) is 3.30. The summed E-state index contributed by atoms with van der Waals surface area (Å²) in [7, 11) is -2.29. The lowest BCUT2D eigenvalue weighted by molar-refractivity contribution is 0.0699. The average molecular weight is 504 g/mol. The maximum atomic E-state index is 13.4. The Morgan fingerprint density at radius 1 is 1.26 bits per heavy atom. The van der Waals surface area contributed by atoms with Gasteiger partial charge in [-0.15, -0.1) is 5.10 Å². The number of aromatic nitrogens is 4. The van der Waals surface area contributed by atoms with Crippen LogP contribution in [0, 0.1) is 5.82 Å². The van der Waals surface area contributed by atoms with Gasteiger partial charge in [-0.25, -0.2) is 22.3 Å². The molecular weight excluding hydrogens is 481 g/mol. The maximum absolute atomic E-state index is 13.4. The van der Waals surface area contributed by atoms with Crippen molar-refractivity contribution in [1.82, 2.24) is 20.2 Å². The predicted molar refractivity (Wildman–Crippen MR) is 124 cm³/mol. The Bertz CT molecular complexity index is 1510. The molecule has 0 aliphatic rings. The first-order chi connectivity index (χ1) is 16.5.